The first-order valence-electron chi connectivity index (χ1n) is 6.83. The zero-order chi connectivity index (χ0) is 13.0. The van der Waals surface area contributed by atoms with Crippen LogP contribution in [0.25, 0.3) is 0 Å². The van der Waals surface area contributed by atoms with Gasteiger partial charge >= 0.3 is 0 Å². The summed E-state index contributed by atoms with van der Waals surface area (Å²) in [6.45, 7) is 5.23. The highest BCUT2D eigenvalue weighted by Gasteiger charge is 2.20. The van der Waals surface area contributed by atoms with Gasteiger partial charge in [-0.2, -0.15) is 0 Å². The van der Waals surface area contributed by atoms with Crippen LogP contribution in [0, 0.1) is 11.7 Å². The summed E-state index contributed by atoms with van der Waals surface area (Å²) in [6.07, 6.45) is 3.72. The average Bonchev–Trinajstić information content (AvgIpc) is 3.17. The Bertz CT molecular complexity index is 390. The monoisotopic (exact) mass is 267 g/mol. The minimum atomic E-state index is -0.114. The molecule has 0 aromatic heterocycles. The van der Waals surface area contributed by atoms with Gasteiger partial charge in [0.1, 0.15) is 5.82 Å². The Morgan fingerprint density at radius 3 is 2.83 bits per heavy atom. The molecule has 0 heterocycles. The molecule has 1 unspecified atom stereocenters. The molecule has 1 N–H and O–H groups in total. The maximum Gasteiger partial charge on any atom is 0.124 e. The van der Waals surface area contributed by atoms with Crippen LogP contribution in [0.4, 0.5) is 4.39 Å². The number of hydrogen-bond donors (Lipinski definition) is 1. The lowest BCUT2D eigenvalue weighted by molar-refractivity contribution is 0.614. The summed E-state index contributed by atoms with van der Waals surface area (Å²) in [4.78, 5) is 1.06. The average molecular weight is 267 g/mol. The maximum atomic E-state index is 13.5. The molecule has 0 aliphatic heterocycles. The van der Waals surface area contributed by atoms with Crippen molar-refractivity contribution in [3.63, 3.8) is 0 Å². The minimum Gasteiger partial charge on any atom is -0.310 e. The van der Waals surface area contributed by atoms with Crippen LogP contribution in [0.3, 0.4) is 0 Å². The number of rotatable bonds is 7. The van der Waals surface area contributed by atoms with E-state index in [1.807, 2.05) is 0 Å². The third-order valence-corrected chi connectivity index (χ3v) is 4.64. The summed E-state index contributed by atoms with van der Waals surface area (Å²) < 4.78 is 13.5. The van der Waals surface area contributed by atoms with Crippen molar-refractivity contribution in [3.05, 3.63) is 29.6 Å². The predicted molar refractivity (Wildman–Crippen MR) is 76.4 cm³/mol. The van der Waals surface area contributed by atoms with Gasteiger partial charge in [-0.3, -0.25) is 0 Å². The molecule has 0 spiro atoms. The van der Waals surface area contributed by atoms with E-state index in [1.165, 1.54) is 19.3 Å². The van der Waals surface area contributed by atoms with Crippen LogP contribution < -0.4 is 5.32 Å². The number of hydrogen-bond acceptors (Lipinski definition) is 2. The molecule has 100 valence electrons. The number of benzene rings is 1. The van der Waals surface area contributed by atoms with Gasteiger partial charge in [0.15, 0.2) is 0 Å². The summed E-state index contributed by atoms with van der Waals surface area (Å²) in [5.41, 5.74) is 1.06. The zero-order valence-corrected chi connectivity index (χ0v) is 12.0. The fourth-order valence-corrected chi connectivity index (χ4v) is 2.86. The Balaban J connectivity index is 1.91. The molecule has 1 atom stereocenters. The number of halogens is 1. The van der Waals surface area contributed by atoms with Crippen LogP contribution in [-0.4, -0.2) is 11.8 Å². The Kier molecular flexibility index (Phi) is 5.07. The molecule has 1 nitrogen and oxygen atoms in total. The van der Waals surface area contributed by atoms with E-state index >= 15 is 0 Å². The topological polar surface area (TPSA) is 12.0 Å². The van der Waals surface area contributed by atoms with Gasteiger partial charge in [-0.25, -0.2) is 4.39 Å². The van der Waals surface area contributed by atoms with Gasteiger partial charge in [0.25, 0.3) is 0 Å². The first-order valence-corrected chi connectivity index (χ1v) is 7.81. The maximum absolute atomic E-state index is 13.5. The van der Waals surface area contributed by atoms with Crippen molar-refractivity contribution in [1.82, 2.24) is 5.32 Å². The second-order valence-electron chi connectivity index (χ2n) is 5.27. The molecule has 0 bridgehead atoms. The highest BCUT2D eigenvalue weighted by Crippen LogP contribution is 2.25. The Hall–Kier alpha value is -0.540. The molecule has 3 heteroatoms. The Morgan fingerprint density at radius 2 is 2.17 bits per heavy atom. The van der Waals surface area contributed by atoms with Gasteiger partial charge in [0.2, 0.25) is 0 Å². The van der Waals surface area contributed by atoms with Crippen LogP contribution >= 0.6 is 11.8 Å². The summed E-state index contributed by atoms with van der Waals surface area (Å²) >= 11 is 1.76. The Morgan fingerprint density at radius 1 is 1.39 bits per heavy atom. The molecule has 0 saturated heterocycles. The Labute approximate surface area is 114 Å². The normalized spacial score (nSPS) is 16.8. The largest absolute Gasteiger partial charge is 0.310 e. The van der Waals surface area contributed by atoms with Crippen molar-refractivity contribution in [2.45, 2.75) is 50.6 Å². The van der Waals surface area contributed by atoms with E-state index in [4.69, 9.17) is 0 Å². The predicted octanol–water partition coefficient (Wildman–Crippen LogP) is 4.22. The van der Waals surface area contributed by atoms with E-state index in [0.717, 1.165) is 22.8 Å². The molecule has 18 heavy (non-hydrogen) atoms. The summed E-state index contributed by atoms with van der Waals surface area (Å²) in [5.74, 6) is 1.64. The molecule has 0 amide bonds. The first-order chi connectivity index (χ1) is 8.67. The van der Waals surface area contributed by atoms with Gasteiger partial charge in [0.05, 0.1) is 0 Å². The van der Waals surface area contributed by atoms with E-state index in [0.29, 0.717) is 12.0 Å². The van der Waals surface area contributed by atoms with E-state index in [1.54, 1.807) is 23.9 Å². The highest BCUT2D eigenvalue weighted by molar-refractivity contribution is 7.99. The number of nitrogens with one attached hydrogen (secondary N) is 1. The van der Waals surface area contributed by atoms with Gasteiger partial charge < -0.3 is 5.32 Å². The number of thioether (sulfide) groups is 1. The molecule has 0 radical (unpaired) electrons. The van der Waals surface area contributed by atoms with Crippen molar-refractivity contribution in [2.24, 2.45) is 5.92 Å². The van der Waals surface area contributed by atoms with Crippen LogP contribution in [0.1, 0.15) is 38.7 Å². The quantitative estimate of drug-likeness (QED) is 0.742. The lowest BCUT2D eigenvalue weighted by Gasteiger charge is -2.10. The smallest absolute Gasteiger partial charge is 0.124 e. The SMILES string of the molecule is CCC(C)CSc1cc(F)cc(CNC2CC2)c1. The third-order valence-electron chi connectivity index (χ3n) is 3.33. The minimum absolute atomic E-state index is 0.114. The van der Waals surface area contributed by atoms with Gasteiger partial charge in [-0.05, 0) is 42.5 Å². The van der Waals surface area contributed by atoms with Crippen LogP contribution in [0.15, 0.2) is 23.1 Å². The fourth-order valence-electron chi connectivity index (χ4n) is 1.71. The summed E-state index contributed by atoms with van der Waals surface area (Å²) in [6, 6.07) is 6.08. The van der Waals surface area contributed by atoms with Crippen molar-refractivity contribution in [2.75, 3.05) is 5.75 Å². The van der Waals surface area contributed by atoms with Gasteiger partial charge in [0, 0.05) is 23.2 Å². The fraction of sp³-hybridized carbons (Fsp3) is 0.600. The summed E-state index contributed by atoms with van der Waals surface area (Å²) in [7, 11) is 0. The molecule has 2 rings (SSSR count). The lowest BCUT2D eigenvalue weighted by atomic mass is 10.2. The van der Waals surface area contributed by atoms with Gasteiger partial charge in [-0.1, -0.05) is 20.3 Å². The van der Waals surface area contributed by atoms with E-state index in [9.17, 15) is 4.39 Å². The standard InChI is InChI=1S/C15H22FNS/c1-3-11(2)10-18-15-7-12(6-13(16)8-15)9-17-14-4-5-14/h6-8,11,14,17H,3-5,9-10H2,1-2H3. The van der Waals surface area contributed by atoms with Crippen molar-refractivity contribution >= 4 is 11.8 Å². The molecule has 1 aromatic carbocycles. The van der Waals surface area contributed by atoms with E-state index < -0.39 is 0 Å². The molecule has 1 saturated carbocycles. The van der Waals surface area contributed by atoms with Crippen molar-refractivity contribution < 1.29 is 4.39 Å². The second-order valence-corrected chi connectivity index (χ2v) is 6.37. The summed E-state index contributed by atoms with van der Waals surface area (Å²) in [5, 5.41) is 3.43. The zero-order valence-electron chi connectivity index (χ0n) is 11.2. The van der Waals surface area contributed by atoms with E-state index in [2.05, 4.69) is 25.2 Å². The van der Waals surface area contributed by atoms with Crippen LogP contribution in [-0.2, 0) is 6.54 Å². The van der Waals surface area contributed by atoms with Crippen molar-refractivity contribution in [3.8, 4) is 0 Å². The molecule has 1 aliphatic carbocycles. The highest BCUT2D eigenvalue weighted by atomic mass is 32.2. The second kappa shape index (κ2) is 6.58. The molecule has 1 aliphatic rings. The molecule has 1 fully saturated rings. The van der Waals surface area contributed by atoms with Crippen LogP contribution in [0.2, 0.25) is 0 Å². The molecular weight excluding hydrogens is 245 g/mol. The molecular formula is C15H22FNS. The van der Waals surface area contributed by atoms with E-state index in [-0.39, 0.29) is 5.82 Å². The lowest BCUT2D eigenvalue weighted by Crippen LogP contribution is -2.15. The van der Waals surface area contributed by atoms with Gasteiger partial charge in [-0.15, -0.1) is 11.8 Å². The van der Waals surface area contributed by atoms with Crippen molar-refractivity contribution in [1.29, 1.82) is 0 Å². The first kappa shape index (κ1) is 13.9. The van der Waals surface area contributed by atoms with Crippen LogP contribution in [0.5, 0.6) is 0 Å². The third kappa shape index (κ3) is 4.62. The molecule has 1 aromatic rings.